The number of esters is 1. The van der Waals surface area contributed by atoms with Crippen LogP contribution >= 0.6 is 0 Å². The van der Waals surface area contributed by atoms with Crippen molar-refractivity contribution in [3.05, 3.63) is 39.2 Å². The maximum Gasteiger partial charge on any atom is 0.408 e. The highest BCUT2D eigenvalue weighted by atomic mass is 16.6. The van der Waals surface area contributed by atoms with Crippen molar-refractivity contribution in [1.29, 1.82) is 0 Å². The summed E-state index contributed by atoms with van der Waals surface area (Å²) < 4.78 is 16.4. The van der Waals surface area contributed by atoms with Crippen molar-refractivity contribution < 1.29 is 23.5 Å². The summed E-state index contributed by atoms with van der Waals surface area (Å²) in [4.78, 5) is 37.2. The lowest BCUT2D eigenvalue weighted by Gasteiger charge is -2.23. The van der Waals surface area contributed by atoms with Crippen molar-refractivity contribution in [2.75, 3.05) is 0 Å². The van der Waals surface area contributed by atoms with Crippen LogP contribution in [0.1, 0.15) is 63.6 Å². The largest absolute Gasteiger partial charge is 0.444 e. The molecule has 1 amide bonds. The van der Waals surface area contributed by atoms with E-state index in [-0.39, 0.29) is 5.63 Å². The summed E-state index contributed by atoms with van der Waals surface area (Å²) in [6, 6.07) is 2.70. The van der Waals surface area contributed by atoms with Crippen LogP contribution in [0.15, 0.2) is 21.3 Å². The predicted molar refractivity (Wildman–Crippen MR) is 113 cm³/mol. The van der Waals surface area contributed by atoms with E-state index in [0.717, 1.165) is 35.8 Å². The number of aryl methyl sites for hydroxylation is 2. The van der Waals surface area contributed by atoms with Crippen LogP contribution in [-0.2, 0) is 22.4 Å². The van der Waals surface area contributed by atoms with Gasteiger partial charge in [-0.15, -0.1) is 0 Å². The lowest BCUT2D eigenvalue weighted by atomic mass is 10.0. The number of alkyl carbamates (subject to hydrolysis) is 1. The average Bonchev–Trinajstić information content (AvgIpc) is 3.13. The summed E-state index contributed by atoms with van der Waals surface area (Å²) in [7, 11) is 0. The van der Waals surface area contributed by atoms with Gasteiger partial charge in [0.15, 0.2) is 0 Å². The molecule has 1 aromatic carbocycles. The Hall–Kier alpha value is -2.83. The molecule has 1 aliphatic rings. The number of benzene rings is 1. The highest BCUT2D eigenvalue weighted by Gasteiger charge is 2.27. The first kappa shape index (κ1) is 21.9. The molecule has 3 rings (SSSR count). The van der Waals surface area contributed by atoms with Crippen molar-refractivity contribution in [1.82, 2.24) is 5.32 Å². The monoisotopic (exact) mass is 415 g/mol. The summed E-state index contributed by atoms with van der Waals surface area (Å²) in [5.41, 5.74) is 1.81. The summed E-state index contributed by atoms with van der Waals surface area (Å²) in [5.74, 6) is -0.283. The Morgan fingerprint density at radius 2 is 1.90 bits per heavy atom. The summed E-state index contributed by atoms with van der Waals surface area (Å²) in [5, 5.41) is 3.47. The fourth-order valence-electron chi connectivity index (χ4n) is 3.74. The molecular formula is C23H29NO6. The van der Waals surface area contributed by atoms with E-state index in [1.165, 1.54) is 0 Å². The van der Waals surface area contributed by atoms with Crippen LogP contribution in [0, 0.1) is 6.92 Å². The molecule has 30 heavy (non-hydrogen) atoms. The molecule has 1 aromatic heterocycles. The van der Waals surface area contributed by atoms with E-state index in [1.54, 1.807) is 33.8 Å². The molecule has 0 saturated heterocycles. The van der Waals surface area contributed by atoms with Gasteiger partial charge in [-0.25, -0.2) is 14.4 Å². The van der Waals surface area contributed by atoms with E-state index in [0.29, 0.717) is 29.7 Å². The number of nitrogens with one attached hydrogen (secondary N) is 1. The van der Waals surface area contributed by atoms with Gasteiger partial charge in [-0.05, 0) is 71.1 Å². The molecule has 1 unspecified atom stereocenters. The number of hydrogen-bond donors (Lipinski definition) is 1. The number of carbonyl (C=O) groups excluding carboxylic acids is 2. The molecule has 0 saturated carbocycles. The van der Waals surface area contributed by atoms with E-state index in [4.69, 9.17) is 13.9 Å². The Balaban J connectivity index is 1.84. The Kier molecular flexibility index (Phi) is 6.19. The van der Waals surface area contributed by atoms with Crippen LogP contribution < -0.4 is 15.7 Å². The maximum absolute atomic E-state index is 12.8. The second-order valence-electron chi connectivity index (χ2n) is 8.67. The van der Waals surface area contributed by atoms with Gasteiger partial charge in [0, 0.05) is 16.5 Å². The molecular weight excluding hydrogens is 386 g/mol. The van der Waals surface area contributed by atoms with Gasteiger partial charge in [-0.1, -0.05) is 13.3 Å². The number of ether oxygens (including phenoxy) is 2. The normalized spacial score (nSPS) is 14.3. The third-order valence-electron chi connectivity index (χ3n) is 5.10. The van der Waals surface area contributed by atoms with Gasteiger partial charge >= 0.3 is 17.7 Å². The molecule has 1 atom stereocenters. The number of amides is 1. The first-order chi connectivity index (χ1) is 14.1. The minimum absolute atomic E-state index is 0.306. The maximum atomic E-state index is 12.8. The molecule has 0 bridgehead atoms. The number of rotatable bonds is 5. The minimum Gasteiger partial charge on any atom is -0.444 e. The van der Waals surface area contributed by atoms with Gasteiger partial charge in [0.25, 0.3) is 0 Å². The van der Waals surface area contributed by atoms with Gasteiger partial charge in [-0.3, -0.25) is 0 Å². The van der Waals surface area contributed by atoms with Crippen molar-refractivity contribution in [3.8, 4) is 5.75 Å². The molecule has 2 aromatic rings. The van der Waals surface area contributed by atoms with E-state index in [2.05, 4.69) is 5.32 Å². The molecule has 162 valence electrons. The van der Waals surface area contributed by atoms with Gasteiger partial charge in [0.2, 0.25) is 0 Å². The topological polar surface area (TPSA) is 94.8 Å². The van der Waals surface area contributed by atoms with Crippen molar-refractivity contribution >= 4 is 23.0 Å². The van der Waals surface area contributed by atoms with Crippen molar-refractivity contribution in [2.24, 2.45) is 0 Å². The van der Waals surface area contributed by atoms with Crippen molar-refractivity contribution in [2.45, 2.75) is 78.4 Å². The fraction of sp³-hybridized carbons (Fsp3) is 0.522. The Labute approximate surface area is 175 Å². The molecule has 1 N–H and O–H groups in total. The third-order valence-corrected chi connectivity index (χ3v) is 5.10. The van der Waals surface area contributed by atoms with Crippen LogP contribution in [0.5, 0.6) is 5.75 Å². The molecule has 0 fully saturated rings. The molecule has 7 heteroatoms. The Bertz CT molecular complexity index is 1030. The second-order valence-corrected chi connectivity index (χ2v) is 8.67. The summed E-state index contributed by atoms with van der Waals surface area (Å²) >= 11 is 0. The molecule has 7 nitrogen and oxygen atoms in total. The van der Waals surface area contributed by atoms with Crippen LogP contribution in [0.4, 0.5) is 4.79 Å². The fourth-order valence-corrected chi connectivity index (χ4v) is 3.74. The van der Waals surface area contributed by atoms with Crippen molar-refractivity contribution in [3.63, 3.8) is 0 Å². The van der Waals surface area contributed by atoms with Crippen LogP contribution in [0.2, 0.25) is 0 Å². The van der Waals surface area contributed by atoms with E-state index >= 15 is 0 Å². The summed E-state index contributed by atoms with van der Waals surface area (Å²) in [6.07, 6.45) is 2.92. The zero-order chi connectivity index (χ0) is 22.1. The molecule has 0 spiro atoms. The Morgan fingerprint density at radius 3 is 2.57 bits per heavy atom. The average molecular weight is 415 g/mol. The number of fused-ring (bicyclic) bond motifs is 3. The van der Waals surface area contributed by atoms with Crippen LogP contribution in [-0.4, -0.2) is 23.7 Å². The molecule has 1 heterocycles. The van der Waals surface area contributed by atoms with E-state index in [1.807, 2.05) is 13.0 Å². The van der Waals surface area contributed by atoms with Gasteiger partial charge in [0.1, 0.15) is 23.0 Å². The highest BCUT2D eigenvalue weighted by molar-refractivity contribution is 5.88. The standard InChI is InChI=1S/C23H29NO6/c1-6-8-17(24-22(27)30-23(3,4)5)21(26)28-18-12-11-15-14-9-7-10-16(14)20(25)29-19(15)13(18)2/h11-12,17H,6-10H2,1-5H3,(H,24,27). The van der Waals surface area contributed by atoms with E-state index in [9.17, 15) is 14.4 Å². The third kappa shape index (κ3) is 4.66. The van der Waals surface area contributed by atoms with E-state index < -0.39 is 23.7 Å². The first-order valence-corrected chi connectivity index (χ1v) is 10.4. The molecule has 0 aliphatic heterocycles. The van der Waals surface area contributed by atoms with Crippen LogP contribution in [0.3, 0.4) is 0 Å². The SMILES string of the molecule is CCCC(NC(=O)OC(C)(C)C)C(=O)Oc1ccc2c3c(c(=O)oc2c1C)CCC3. The second kappa shape index (κ2) is 8.50. The molecule has 0 radical (unpaired) electrons. The number of carbonyl (C=O) groups is 2. The van der Waals surface area contributed by atoms with Crippen LogP contribution in [0.25, 0.3) is 11.0 Å². The minimum atomic E-state index is -0.841. The quantitative estimate of drug-likeness (QED) is 0.447. The summed E-state index contributed by atoms with van der Waals surface area (Å²) in [6.45, 7) is 8.92. The highest BCUT2D eigenvalue weighted by Crippen LogP contribution is 2.33. The van der Waals surface area contributed by atoms with Gasteiger partial charge in [-0.2, -0.15) is 0 Å². The lowest BCUT2D eigenvalue weighted by Crippen LogP contribution is -2.45. The lowest BCUT2D eigenvalue weighted by molar-refractivity contribution is -0.137. The van der Waals surface area contributed by atoms with Gasteiger partial charge in [0.05, 0.1) is 0 Å². The zero-order valence-electron chi connectivity index (χ0n) is 18.2. The smallest absolute Gasteiger partial charge is 0.408 e. The number of hydrogen-bond acceptors (Lipinski definition) is 6. The molecule has 1 aliphatic carbocycles. The zero-order valence-corrected chi connectivity index (χ0v) is 18.2. The van der Waals surface area contributed by atoms with Gasteiger partial charge < -0.3 is 19.2 Å². The predicted octanol–water partition coefficient (Wildman–Crippen LogP) is 4.19. The Morgan fingerprint density at radius 1 is 1.20 bits per heavy atom. The first-order valence-electron chi connectivity index (χ1n) is 10.4.